The van der Waals surface area contributed by atoms with Gasteiger partial charge in [0, 0.05) is 47.8 Å². The van der Waals surface area contributed by atoms with Crippen molar-refractivity contribution in [3.05, 3.63) is 60.0 Å². The smallest absolute Gasteiger partial charge is 0.261 e. The number of aryl methyl sites for hydroxylation is 1. The molecule has 1 saturated heterocycles. The Bertz CT molecular complexity index is 1390. The number of halogens is 1. The summed E-state index contributed by atoms with van der Waals surface area (Å²) in [5.41, 5.74) is 2.42. The fraction of sp³-hybridized carbons (Fsp3) is 0.464. The molecule has 3 aromatic rings. The summed E-state index contributed by atoms with van der Waals surface area (Å²) in [6.07, 6.45) is 8.19. The molecule has 2 fully saturated rings. The third-order valence-corrected chi connectivity index (χ3v) is 9.38. The number of carbonyl (C=O) groups is 1. The lowest BCUT2D eigenvalue weighted by Gasteiger charge is -2.46. The highest BCUT2D eigenvalue weighted by Gasteiger charge is 2.41. The van der Waals surface area contributed by atoms with Crippen LogP contribution in [0, 0.1) is 11.7 Å². The van der Waals surface area contributed by atoms with E-state index in [0.717, 1.165) is 68.1 Å². The molecule has 1 saturated carbocycles. The number of likely N-dealkylation sites (tertiary alicyclic amines) is 1. The van der Waals surface area contributed by atoms with Crippen molar-refractivity contribution < 1.29 is 17.6 Å². The highest BCUT2D eigenvalue weighted by molar-refractivity contribution is 7.92. The van der Waals surface area contributed by atoms with Crippen LogP contribution < -0.4 is 4.72 Å². The van der Waals surface area contributed by atoms with Crippen LogP contribution in [0.4, 0.5) is 10.1 Å². The van der Waals surface area contributed by atoms with Gasteiger partial charge in [-0.3, -0.25) is 9.52 Å². The quantitative estimate of drug-likeness (QED) is 0.471. The van der Waals surface area contributed by atoms with E-state index in [0.29, 0.717) is 11.6 Å². The molecule has 6 nitrogen and oxygen atoms in total. The highest BCUT2D eigenvalue weighted by atomic mass is 32.2. The number of fused-ring (bicyclic) bond motifs is 1. The monoisotopic (exact) mass is 511 g/mol. The van der Waals surface area contributed by atoms with Crippen molar-refractivity contribution in [2.45, 2.75) is 68.7 Å². The summed E-state index contributed by atoms with van der Waals surface area (Å²) in [4.78, 5) is 15.3. The van der Waals surface area contributed by atoms with Crippen molar-refractivity contribution in [3.8, 4) is 0 Å². The molecule has 0 bridgehead atoms. The Morgan fingerprint density at radius 1 is 1.06 bits per heavy atom. The van der Waals surface area contributed by atoms with E-state index in [1.807, 2.05) is 19.2 Å². The topological polar surface area (TPSA) is 71.4 Å². The second kappa shape index (κ2) is 9.21. The summed E-state index contributed by atoms with van der Waals surface area (Å²) < 4.78 is 43.7. The van der Waals surface area contributed by atoms with Gasteiger partial charge in [-0.25, -0.2) is 12.8 Å². The lowest BCUT2D eigenvalue weighted by atomic mass is 9.78. The zero-order valence-corrected chi connectivity index (χ0v) is 21.9. The van der Waals surface area contributed by atoms with Crippen LogP contribution in [0.2, 0.25) is 0 Å². The van der Waals surface area contributed by atoms with E-state index in [9.17, 15) is 17.6 Å². The fourth-order valence-electron chi connectivity index (χ4n) is 6.11. The zero-order chi connectivity index (χ0) is 25.7. The standard InChI is InChI=1S/C28H34FN3O3S/c1-28(2)17-20(14-15-32(28)27(33)19-6-4-5-7-19)25-18-31(3)26-13-10-22(16-24(25)26)30-36(34,35)23-11-8-21(29)9-12-23/h8-13,16,18-20,30H,4-7,14-15,17H2,1-3H3. The number of anilines is 1. The number of hydrogen-bond acceptors (Lipinski definition) is 3. The molecule has 1 aliphatic carbocycles. The van der Waals surface area contributed by atoms with E-state index in [1.165, 1.54) is 17.7 Å². The van der Waals surface area contributed by atoms with Crippen molar-refractivity contribution in [1.82, 2.24) is 9.47 Å². The minimum Gasteiger partial charge on any atom is -0.350 e. The molecule has 1 atom stereocenters. The minimum atomic E-state index is -3.84. The molecule has 5 rings (SSSR count). The predicted octanol–water partition coefficient (Wildman–Crippen LogP) is 5.79. The van der Waals surface area contributed by atoms with Gasteiger partial charge in [-0.2, -0.15) is 0 Å². The average Bonchev–Trinajstić information content (AvgIpc) is 3.47. The molecular formula is C28H34FN3O3S. The van der Waals surface area contributed by atoms with Crippen LogP contribution in [-0.4, -0.2) is 35.9 Å². The summed E-state index contributed by atoms with van der Waals surface area (Å²) in [5.74, 6) is 0.268. The molecule has 192 valence electrons. The molecule has 2 aromatic carbocycles. The number of carbonyl (C=O) groups excluding carboxylic acids is 1. The van der Waals surface area contributed by atoms with Gasteiger partial charge < -0.3 is 9.47 Å². The van der Waals surface area contributed by atoms with Crippen molar-refractivity contribution in [3.63, 3.8) is 0 Å². The summed E-state index contributed by atoms with van der Waals surface area (Å²) in [6, 6.07) is 10.3. The Hall–Kier alpha value is -2.87. The molecule has 1 unspecified atom stereocenters. The van der Waals surface area contributed by atoms with Crippen LogP contribution in [0.5, 0.6) is 0 Å². The normalized spacial score (nSPS) is 20.7. The molecule has 0 spiro atoms. The number of nitrogens with one attached hydrogen (secondary N) is 1. The van der Waals surface area contributed by atoms with Crippen LogP contribution in [0.15, 0.2) is 53.6 Å². The number of benzene rings is 2. The first-order valence-electron chi connectivity index (χ1n) is 12.7. The lowest BCUT2D eigenvalue weighted by Crippen LogP contribution is -2.53. The number of rotatable bonds is 5. The van der Waals surface area contributed by atoms with Gasteiger partial charge in [0.05, 0.1) is 4.90 Å². The summed E-state index contributed by atoms with van der Waals surface area (Å²) in [5, 5.41) is 1.01. The van der Waals surface area contributed by atoms with Gasteiger partial charge in [0.2, 0.25) is 5.91 Å². The third-order valence-electron chi connectivity index (χ3n) is 7.98. The van der Waals surface area contributed by atoms with E-state index in [-0.39, 0.29) is 22.3 Å². The molecule has 2 heterocycles. The van der Waals surface area contributed by atoms with Crippen molar-refractivity contribution in [2.24, 2.45) is 13.0 Å². The van der Waals surface area contributed by atoms with E-state index in [2.05, 4.69) is 34.2 Å². The Labute approximate surface area is 212 Å². The Morgan fingerprint density at radius 3 is 2.42 bits per heavy atom. The van der Waals surface area contributed by atoms with Crippen molar-refractivity contribution >= 4 is 32.5 Å². The van der Waals surface area contributed by atoms with E-state index in [4.69, 9.17) is 0 Å². The number of sulfonamides is 1. The second-order valence-corrected chi connectivity index (χ2v) is 12.6. The van der Waals surface area contributed by atoms with Crippen LogP contribution >= 0.6 is 0 Å². The highest BCUT2D eigenvalue weighted by Crippen LogP contribution is 2.42. The van der Waals surface area contributed by atoms with Gasteiger partial charge in [-0.1, -0.05) is 12.8 Å². The SMILES string of the molecule is Cn1cc(C2CCN(C(=O)C3CCCC3)C(C)(C)C2)c2cc(NS(=O)(=O)c3ccc(F)cc3)ccc21. The van der Waals surface area contributed by atoms with Crippen molar-refractivity contribution in [1.29, 1.82) is 0 Å². The number of piperidine rings is 1. The molecule has 1 aromatic heterocycles. The van der Waals surface area contributed by atoms with Gasteiger partial charge >= 0.3 is 0 Å². The van der Waals surface area contributed by atoms with Crippen LogP contribution in [0.25, 0.3) is 10.9 Å². The first-order valence-corrected chi connectivity index (χ1v) is 14.2. The maximum Gasteiger partial charge on any atom is 0.261 e. The van der Waals surface area contributed by atoms with Gasteiger partial charge in [0.15, 0.2) is 0 Å². The molecular weight excluding hydrogens is 477 g/mol. The molecule has 1 aliphatic heterocycles. The van der Waals surface area contributed by atoms with Gasteiger partial charge in [0.1, 0.15) is 5.82 Å². The number of nitrogens with zero attached hydrogens (tertiary/aromatic N) is 2. The number of amides is 1. The minimum absolute atomic E-state index is 0.0123. The molecule has 1 N–H and O–H groups in total. The predicted molar refractivity (Wildman–Crippen MR) is 140 cm³/mol. The summed E-state index contributed by atoms with van der Waals surface area (Å²) in [7, 11) is -1.84. The van der Waals surface area contributed by atoms with Crippen molar-refractivity contribution in [2.75, 3.05) is 11.3 Å². The summed E-state index contributed by atoms with van der Waals surface area (Å²) in [6.45, 7) is 5.07. The first-order chi connectivity index (χ1) is 17.0. The fourth-order valence-corrected chi connectivity index (χ4v) is 7.16. The number of aromatic nitrogens is 1. The van der Waals surface area contributed by atoms with Gasteiger partial charge in [-0.05, 0) is 93.5 Å². The van der Waals surface area contributed by atoms with Crippen LogP contribution in [0.3, 0.4) is 0 Å². The number of hydrogen-bond donors (Lipinski definition) is 1. The second-order valence-electron chi connectivity index (χ2n) is 11.0. The Morgan fingerprint density at radius 2 is 1.75 bits per heavy atom. The van der Waals surface area contributed by atoms with E-state index < -0.39 is 15.8 Å². The molecule has 2 aliphatic rings. The zero-order valence-electron chi connectivity index (χ0n) is 21.1. The van der Waals surface area contributed by atoms with Gasteiger partial charge in [0.25, 0.3) is 10.0 Å². The Kier molecular flexibility index (Phi) is 6.35. The van der Waals surface area contributed by atoms with Gasteiger partial charge in [-0.15, -0.1) is 0 Å². The van der Waals surface area contributed by atoms with E-state index in [1.54, 1.807) is 6.07 Å². The van der Waals surface area contributed by atoms with Crippen LogP contribution in [0.1, 0.15) is 63.9 Å². The maximum atomic E-state index is 13.3. The molecule has 36 heavy (non-hydrogen) atoms. The molecule has 1 amide bonds. The molecule has 8 heteroatoms. The first kappa shape index (κ1) is 24.8. The Balaban J connectivity index is 1.41. The van der Waals surface area contributed by atoms with Crippen LogP contribution in [-0.2, 0) is 21.9 Å². The maximum absolute atomic E-state index is 13.3. The molecule has 0 radical (unpaired) electrons. The third kappa shape index (κ3) is 4.63. The average molecular weight is 512 g/mol. The largest absolute Gasteiger partial charge is 0.350 e. The van der Waals surface area contributed by atoms with E-state index >= 15 is 0 Å². The summed E-state index contributed by atoms with van der Waals surface area (Å²) >= 11 is 0. The lowest BCUT2D eigenvalue weighted by molar-refractivity contribution is -0.143.